The summed E-state index contributed by atoms with van der Waals surface area (Å²) in [5, 5.41) is 0. The molecule has 0 bridgehead atoms. The Morgan fingerprint density at radius 1 is 1.08 bits per heavy atom. The minimum atomic E-state index is -0.453. The second kappa shape index (κ2) is 7.42. The molecule has 0 radical (unpaired) electrons. The van der Waals surface area contributed by atoms with Crippen LogP contribution in [0.25, 0.3) is 0 Å². The topological polar surface area (TPSA) is 65.9 Å². The van der Waals surface area contributed by atoms with Crippen LogP contribution in [0.2, 0.25) is 0 Å². The first kappa shape index (κ1) is 19.5. The molecule has 2 atom stereocenters. The maximum absolute atomic E-state index is 6.01. The fourth-order valence-corrected chi connectivity index (χ4v) is 3.23. The molecular weight excluding hydrogens is 333 g/mol. The Bertz CT molecular complexity index is 585. The van der Waals surface area contributed by atoms with Gasteiger partial charge < -0.3 is 18.8 Å². The molecule has 7 nitrogen and oxygen atoms in total. The highest BCUT2D eigenvalue weighted by atomic mass is 16.7. The third-order valence-electron chi connectivity index (χ3n) is 5.31. The van der Waals surface area contributed by atoms with Crippen LogP contribution in [-0.2, 0) is 14.0 Å². The number of hydrogen-bond acceptors (Lipinski definition) is 7. The molecule has 8 heteroatoms. The fourth-order valence-electron chi connectivity index (χ4n) is 3.23. The maximum atomic E-state index is 6.01. The van der Waals surface area contributed by atoms with Crippen molar-refractivity contribution in [3.8, 4) is 6.01 Å². The molecule has 144 valence electrons. The molecule has 2 saturated heterocycles. The molecule has 0 aromatic carbocycles. The van der Waals surface area contributed by atoms with E-state index in [0.29, 0.717) is 12.6 Å². The van der Waals surface area contributed by atoms with Crippen molar-refractivity contribution in [2.24, 2.45) is 0 Å². The van der Waals surface area contributed by atoms with Gasteiger partial charge in [0.05, 0.1) is 23.4 Å². The van der Waals surface area contributed by atoms with Crippen LogP contribution in [-0.4, -0.2) is 71.6 Å². The molecule has 0 saturated carbocycles. The van der Waals surface area contributed by atoms with Gasteiger partial charge in [0.25, 0.3) is 0 Å². The van der Waals surface area contributed by atoms with Crippen LogP contribution in [0.3, 0.4) is 0 Å². The Hall–Kier alpha value is -1.22. The van der Waals surface area contributed by atoms with Crippen LogP contribution in [0.5, 0.6) is 6.01 Å². The van der Waals surface area contributed by atoms with Crippen molar-refractivity contribution in [1.29, 1.82) is 0 Å². The molecule has 26 heavy (non-hydrogen) atoms. The number of nitrogens with zero attached hydrogens (tertiary/aromatic N) is 3. The molecule has 0 unspecified atom stereocenters. The Morgan fingerprint density at radius 2 is 1.62 bits per heavy atom. The number of morpholine rings is 1. The van der Waals surface area contributed by atoms with Gasteiger partial charge in [-0.3, -0.25) is 4.90 Å². The van der Waals surface area contributed by atoms with Gasteiger partial charge >= 0.3 is 13.1 Å². The molecule has 2 aliphatic heterocycles. The number of ether oxygens (including phenoxy) is 2. The van der Waals surface area contributed by atoms with Gasteiger partial charge in [0, 0.05) is 37.5 Å². The van der Waals surface area contributed by atoms with Gasteiger partial charge in [-0.2, -0.15) is 0 Å². The molecule has 2 aliphatic rings. The molecule has 3 rings (SSSR count). The molecule has 1 aromatic rings. The average Bonchev–Trinajstić information content (AvgIpc) is 2.75. The Labute approximate surface area is 156 Å². The summed E-state index contributed by atoms with van der Waals surface area (Å²) in [4.78, 5) is 10.9. The standard InChI is InChI=1S/C18H30BN3O4/c1-13-11-22(12-14(2)24-13)7-8-23-16-20-9-15(10-21-16)19-25-17(3,4)18(5,6)26-19/h9-10,13-14H,7-8,11-12H2,1-6H3/t13-,14+. The smallest absolute Gasteiger partial charge is 0.462 e. The van der Waals surface area contributed by atoms with E-state index < -0.39 is 7.12 Å². The number of rotatable bonds is 5. The maximum Gasteiger partial charge on any atom is 0.498 e. The lowest BCUT2D eigenvalue weighted by atomic mass is 9.81. The van der Waals surface area contributed by atoms with E-state index in [1.807, 2.05) is 27.7 Å². The summed E-state index contributed by atoms with van der Waals surface area (Å²) in [6, 6.07) is 0.375. The van der Waals surface area contributed by atoms with Crippen LogP contribution in [0.15, 0.2) is 12.4 Å². The van der Waals surface area contributed by atoms with Gasteiger partial charge in [-0.1, -0.05) is 0 Å². The highest BCUT2D eigenvalue weighted by Crippen LogP contribution is 2.36. The van der Waals surface area contributed by atoms with Crippen molar-refractivity contribution in [2.75, 3.05) is 26.2 Å². The van der Waals surface area contributed by atoms with E-state index in [2.05, 4.69) is 28.7 Å². The van der Waals surface area contributed by atoms with Gasteiger partial charge in [0.1, 0.15) is 6.61 Å². The molecule has 2 fully saturated rings. The number of aromatic nitrogens is 2. The minimum Gasteiger partial charge on any atom is -0.462 e. The molecular formula is C18H30BN3O4. The summed E-state index contributed by atoms with van der Waals surface area (Å²) in [7, 11) is -0.453. The van der Waals surface area contributed by atoms with Crippen LogP contribution in [0, 0.1) is 0 Å². The summed E-state index contributed by atoms with van der Waals surface area (Å²) in [6.07, 6.45) is 3.94. The zero-order valence-corrected chi connectivity index (χ0v) is 16.7. The second-order valence-electron chi connectivity index (χ2n) is 8.25. The molecule has 1 aromatic heterocycles. The lowest BCUT2D eigenvalue weighted by Crippen LogP contribution is -2.46. The predicted octanol–water partition coefficient (Wildman–Crippen LogP) is 1.26. The van der Waals surface area contributed by atoms with E-state index >= 15 is 0 Å². The van der Waals surface area contributed by atoms with E-state index in [1.54, 1.807) is 12.4 Å². The normalized spacial score (nSPS) is 28.3. The van der Waals surface area contributed by atoms with Crippen LogP contribution in [0.1, 0.15) is 41.5 Å². The van der Waals surface area contributed by atoms with Gasteiger partial charge in [0.2, 0.25) is 0 Å². The molecule has 3 heterocycles. The van der Waals surface area contributed by atoms with E-state index in [-0.39, 0.29) is 23.4 Å². The van der Waals surface area contributed by atoms with Crippen molar-refractivity contribution in [3.05, 3.63) is 12.4 Å². The van der Waals surface area contributed by atoms with Crippen molar-refractivity contribution in [2.45, 2.75) is 65.0 Å². The van der Waals surface area contributed by atoms with Crippen molar-refractivity contribution in [1.82, 2.24) is 14.9 Å². The quantitative estimate of drug-likeness (QED) is 0.730. The van der Waals surface area contributed by atoms with E-state index in [0.717, 1.165) is 25.1 Å². The van der Waals surface area contributed by atoms with E-state index in [1.165, 1.54) is 0 Å². The Kier molecular flexibility index (Phi) is 5.58. The minimum absolute atomic E-state index is 0.259. The van der Waals surface area contributed by atoms with Gasteiger partial charge in [-0.15, -0.1) is 0 Å². The summed E-state index contributed by atoms with van der Waals surface area (Å²) >= 11 is 0. The fraction of sp³-hybridized carbons (Fsp3) is 0.778. The Balaban J connectivity index is 1.49. The highest BCUT2D eigenvalue weighted by molar-refractivity contribution is 6.61. The SMILES string of the molecule is C[C@@H]1CN(CCOc2ncc(B3OC(C)(C)C(C)(C)O3)cn2)C[C@H](C)O1. The van der Waals surface area contributed by atoms with Gasteiger partial charge in [-0.05, 0) is 41.5 Å². The highest BCUT2D eigenvalue weighted by Gasteiger charge is 2.51. The first-order valence-electron chi connectivity index (χ1n) is 9.34. The van der Waals surface area contributed by atoms with Crippen molar-refractivity contribution < 1.29 is 18.8 Å². The van der Waals surface area contributed by atoms with Crippen LogP contribution >= 0.6 is 0 Å². The summed E-state index contributed by atoms with van der Waals surface area (Å²) in [5.74, 6) is 0. The third-order valence-corrected chi connectivity index (χ3v) is 5.31. The zero-order valence-electron chi connectivity index (χ0n) is 16.7. The average molecular weight is 363 g/mol. The largest absolute Gasteiger partial charge is 0.498 e. The van der Waals surface area contributed by atoms with Crippen molar-refractivity contribution in [3.63, 3.8) is 0 Å². The lowest BCUT2D eigenvalue weighted by Gasteiger charge is -2.35. The first-order chi connectivity index (χ1) is 12.2. The lowest BCUT2D eigenvalue weighted by molar-refractivity contribution is -0.0700. The van der Waals surface area contributed by atoms with Gasteiger partial charge in [-0.25, -0.2) is 9.97 Å². The molecule has 0 spiro atoms. The van der Waals surface area contributed by atoms with Crippen LogP contribution < -0.4 is 10.2 Å². The third kappa shape index (κ3) is 4.36. The summed E-state index contributed by atoms with van der Waals surface area (Å²) in [5.41, 5.74) is 0.0465. The summed E-state index contributed by atoms with van der Waals surface area (Å²) < 4.78 is 23.5. The Morgan fingerprint density at radius 3 is 2.15 bits per heavy atom. The summed E-state index contributed by atoms with van der Waals surface area (Å²) in [6.45, 7) is 15.5. The van der Waals surface area contributed by atoms with E-state index in [9.17, 15) is 0 Å². The molecule has 0 aliphatic carbocycles. The number of hydrogen-bond donors (Lipinski definition) is 0. The van der Waals surface area contributed by atoms with E-state index in [4.69, 9.17) is 18.8 Å². The predicted molar refractivity (Wildman–Crippen MR) is 99.7 cm³/mol. The van der Waals surface area contributed by atoms with Crippen LogP contribution in [0.4, 0.5) is 0 Å². The second-order valence-corrected chi connectivity index (χ2v) is 8.25. The molecule has 0 amide bonds. The zero-order chi connectivity index (χ0) is 18.9. The van der Waals surface area contributed by atoms with Gasteiger partial charge in [0.15, 0.2) is 0 Å². The molecule has 0 N–H and O–H groups in total. The monoisotopic (exact) mass is 363 g/mol. The van der Waals surface area contributed by atoms with Crippen molar-refractivity contribution >= 4 is 12.6 Å². The first-order valence-corrected chi connectivity index (χ1v) is 9.34.